The van der Waals surface area contributed by atoms with Crippen LogP contribution in [0.1, 0.15) is 35.5 Å². The highest BCUT2D eigenvalue weighted by molar-refractivity contribution is 7.10. The Hall–Kier alpha value is -1.70. The molecule has 1 N–H and O–H groups in total. The van der Waals surface area contributed by atoms with E-state index in [1.807, 2.05) is 0 Å². The maximum atomic E-state index is 12.6. The first-order valence-electron chi connectivity index (χ1n) is 9.27. The first-order valence-corrected chi connectivity index (χ1v) is 10.2. The first kappa shape index (κ1) is 17.7. The van der Waals surface area contributed by atoms with Crippen LogP contribution in [0.25, 0.3) is 0 Å². The van der Waals surface area contributed by atoms with Crippen molar-refractivity contribution in [3.8, 4) is 0 Å². The van der Waals surface area contributed by atoms with Crippen molar-refractivity contribution in [1.82, 2.24) is 14.9 Å². The van der Waals surface area contributed by atoms with E-state index in [0.29, 0.717) is 5.95 Å². The number of nitrogens with one attached hydrogen (secondary N) is 1. The lowest BCUT2D eigenvalue weighted by Crippen LogP contribution is -2.47. The number of anilines is 1. The van der Waals surface area contributed by atoms with Crippen LogP contribution in [-0.2, 0) is 24.2 Å². The van der Waals surface area contributed by atoms with Gasteiger partial charge in [-0.25, -0.2) is 4.98 Å². The fourth-order valence-corrected chi connectivity index (χ4v) is 4.83. The fraction of sp³-hybridized carbons (Fsp3) is 0.579. The van der Waals surface area contributed by atoms with Gasteiger partial charge in [0.2, 0.25) is 5.95 Å². The van der Waals surface area contributed by atoms with Crippen molar-refractivity contribution < 1.29 is 4.74 Å². The molecule has 2 aromatic heterocycles. The van der Waals surface area contributed by atoms with Crippen molar-refractivity contribution in [2.75, 3.05) is 24.5 Å². The summed E-state index contributed by atoms with van der Waals surface area (Å²) < 4.78 is 5.80. The minimum absolute atomic E-state index is 0.0174. The number of rotatable bonds is 3. The Morgan fingerprint density at radius 3 is 2.81 bits per heavy atom. The van der Waals surface area contributed by atoms with E-state index >= 15 is 0 Å². The van der Waals surface area contributed by atoms with Gasteiger partial charge in [-0.3, -0.25) is 14.7 Å². The SMILES string of the molecule is Cc1ccsc1CN1CCc2c(nc(N3C[C@@H](C)O[C@@H](C)C3)[nH]c2=O)C1. The Kier molecular flexibility index (Phi) is 4.86. The van der Waals surface area contributed by atoms with E-state index < -0.39 is 0 Å². The lowest BCUT2D eigenvalue weighted by Gasteiger charge is -2.36. The number of aryl methyl sites for hydroxylation is 1. The molecule has 0 radical (unpaired) electrons. The Morgan fingerprint density at radius 2 is 2.12 bits per heavy atom. The third kappa shape index (κ3) is 3.56. The molecular weight excluding hydrogens is 348 g/mol. The van der Waals surface area contributed by atoms with Crippen molar-refractivity contribution in [1.29, 1.82) is 0 Å². The van der Waals surface area contributed by atoms with E-state index in [1.165, 1.54) is 10.4 Å². The molecule has 1 fully saturated rings. The molecule has 7 heteroatoms. The van der Waals surface area contributed by atoms with Crippen molar-refractivity contribution in [3.63, 3.8) is 0 Å². The zero-order valence-electron chi connectivity index (χ0n) is 15.6. The number of thiophene rings is 1. The van der Waals surface area contributed by atoms with Crippen LogP contribution in [0.15, 0.2) is 16.2 Å². The quantitative estimate of drug-likeness (QED) is 0.893. The van der Waals surface area contributed by atoms with Gasteiger partial charge in [-0.1, -0.05) is 0 Å². The van der Waals surface area contributed by atoms with E-state index in [9.17, 15) is 4.79 Å². The molecule has 4 heterocycles. The first-order chi connectivity index (χ1) is 12.5. The van der Waals surface area contributed by atoms with Crippen LogP contribution in [0.5, 0.6) is 0 Å². The third-order valence-electron chi connectivity index (χ3n) is 5.19. The van der Waals surface area contributed by atoms with E-state index in [2.05, 4.69) is 47.0 Å². The Labute approximate surface area is 157 Å². The Morgan fingerprint density at radius 1 is 1.35 bits per heavy atom. The van der Waals surface area contributed by atoms with Gasteiger partial charge in [0.1, 0.15) is 0 Å². The largest absolute Gasteiger partial charge is 0.372 e. The number of hydrogen-bond acceptors (Lipinski definition) is 6. The summed E-state index contributed by atoms with van der Waals surface area (Å²) in [6, 6.07) is 2.17. The average Bonchev–Trinajstić information content (AvgIpc) is 2.98. The second-order valence-corrected chi connectivity index (χ2v) is 8.47. The molecule has 2 aliphatic rings. The standard InChI is InChI=1S/C19H26N4O2S/c1-12-5-7-26-17(12)11-22-6-4-15-16(10-22)20-19(21-18(15)24)23-8-13(2)25-14(3)9-23/h5,7,13-14H,4,6,8-11H2,1-3H3,(H,20,21,24)/t13-,14+. The van der Waals surface area contributed by atoms with Gasteiger partial charge in [0.25, 0.3) is 5.56 Å². The van der Waals surface area contributed by atoms with Gasteiger partial charge in [0, 0.05) is 43.2 Å². The van der Waals surface area contributed by atoms with Gasteiger partial charge in [0.05, 0.1) is 17.9 Å². The highest BCUT2D eigenvalue weighted by Crippen LogP contribution is 2.23. The summed E-state index contributed by atoms with van der Waals surface area (Å²) in [7, 11) is 0. The second-order valence-electron chi connectivity index (χ2n) is 7.46. The van der Waals surface area contributed by atoms with Gasteiger partial charge in [-0.2, -0.15) is 0 Å². The highest BCUT2D eigenvalue weighted by atomic mass is 32.1. The lowest BCUT2D eigenvalue weighted by atomic mass is 10.1. The molecule has 0 aromatic carbocycles. The summed E-state index contributed by atoms with van der Waals surface area (Å²) in [6.45, 7) is 10.4. The number of aromatic amines is 1. The number of ether oxygens (including phenoxy) is 1. The molecule has 26 heavy (non-hydrogen) atoms. The van der Waals surface area contributed by atoms with Gasteiger partial charge in [-0.05, 0) is 44.2 Å². The highest BCUT2D eigenvalue weighted by Gasteiger charge is 2.27. The number of H-pyrrole nitrogens is 1. The molecule has 0 saturated carbocycles. The predicted octanol–water partition coefficient (Wildman–Crippen LogP) is 2.31. The van der Waals surface area contributed by atoms with Crippen LogP contribution in [0, 0.1) is 6.92 Å². The summed E-state index contributed by atoms with van der Waals surface area (Å²) in [5.41, 5.74) is 3.14. The zero-order valence-corrected chi connectivity index (χ0v) is 16.4. The maximum absolute atomic E-state index is 12.6. The molecule has 0 unspecified atom stereocenters. The normalized spacial score (nSPS) is 23.9. The summed E-state index contributed by atoms with van der Waals surface area (Å²) in [4.78, 5) is 26.4. The third-order valence-corrected chi connectivity index (χ3v) is 6.20. The monoisotopic (exact) mass is 374 g/mol. The predicted molar refractivity (Wildman–Crippen MR) is 104 cm³/mol. The summed E-state index contributed by atoms with van der Waals surface area (Å²) >= 11 is 1.80. The van der Waals surface area contributed by atoms with E-state index in [0.717, 1.165) is 50.4 Å². The van der Waals surface area contributed by atoms with Crippen molar-refractivity contribution in [2.24, 2.45) is 0 Å². The molecule has 2 aromatic rings. The van der Waals surface area contributed by atoms with Gasteiger partial charge < -0.3 is 9.64 Å². The van der Waals surface area contributed by atoms with E-state index in [1.54, 1.807) is 11.3 Å². The molecule has 6 nitrogen and oxygen atoms in total. The van der Waals surface area contributed by atoms with Gasteiger partial charge in [0.15, 0.2) is 0 Å². The molecule has 2 aliphatic heterocycles. The average molecular weight is 375 g/mol. The van der Waals surface area contributed by atoms with Gasteiger partial charge in [-0.15, -0.1) is 11.3 Å². The van der Waals surface area contributed by atoms with Gasteiger partial charge >= 0.3 is 0 Å². The van der Waals surface area contributed by atoms with E-state index in [-0.39, 0.29) is 17.8 Å². The summed E-state index contributed by atoms with van der Waals surface area (Å²) in [5, 5.41) is 2.14. The number of morpholine rings is 1. The fourth-order valence-electron chi connectivity index (χ4n) is 3.89. The molecule has 2 atom stereocenters. The number of hydrogen-bond donors (Lipinski definition) is 1. The van der Waals surface area contributed by atoms with Crippen molar-refractivity contribution >= 4 is 17.3 Å². The molecular formula is C19H26N4O2S. The van der Waals surface area contributed by atoms with Crippen LogP contribution in [-0.4, -0.2) is 46.7 Å². The number of fused-ring (bicyclic) bond motifs is 1. The molecule has 0 amide bonds. The van der Waals surface area contributed by atoms with Crippen LogP contribution in [0.4, 0.5) is 5.95 Å². The number of nitrogens with zero attached hydrogens (tertiary/aromatic N) is 3. The second kappa shape index (κ2) is 7.13. The smallest absolute Gasteiger partial charge is 0.255 e. The molecule has 140 valence electrons. The molecule has 0 spiro atoms. The number of aromatic nitrogens is 2. The minimum atomic E-state index is 0.0174. The molecule has 4 rings (SSSR count). The molecule has 0 aliphatic carbocycles. The van der Waals surface area contributed by atoms with Crippen LogP contribution in [0.2, 0.25) is 0 Å². The van der Waals surface area contributed by atoms with Crippen LogP contribution < -0.4 is 10.5 Å². The van der Waals surface area contributed by atoms with Crippen LogP contribution in [0.3, 0.4) is 0 Å². The molecule has 0 bridgehead atoms. The summed E-state index contributed by atoms with van der Waals surface area (Å²) in [5.74, 6) is 0.685. The van der Waals surface area contributed by atoms with Crippen molar-refractivity contribution in [2.45, 2.75) is 52.5 Å². The van der Waals surface area contributed by atoms with Crippen LogP contribution >= 0.6 is 11.3 Å². The molecule has 1 saturated heterocycles. The van der Waals surface area contributed by atoms with E-state index in [4.69, 9.17) is 9.72 Å². The Balaban J connectivity index is 1.56. The Bertz CT molecular complexity index is 836. The summed E-state index contributed by atoms with van der Waals surface area (Å²) in [6.07, 6.45) is 1.04. The zero-order chi connectivity index (χ0) is 18.3. The lowest BCUT2D eigenvalue weighted by molar-refractivity contribution is -0.00576. The maximum Gasteiger partial charge on any atom is 0.255 e. The minimum Gasteiger partial charge on any atom is -0.372 e. The van der Waals surface area contributed by atoms with Crippen molar-refractivity contribution in [3.05, 3.63) is 43.5 Å². The topological polar surface area (TPSA) is 61.5 Å².